The van der Waals surface area contributed by atoms with Crippen LogP contribution in [-0.4, -0.2) is 52.8 Å². The largest absolute Gasteiger partial charge is 0.493 e. The summed E-state index contributed by atoms with van der Waals surface area (Å²) in [6.45, 7) is 5.23. The fourth-order valence-electron chi connectivity index (χ4n) is 2.44. The standard InChI is InChI=1S/C18H29N3O3/c1-7-8-9-12-21(3)18(19-2)20-13-14-10-11-15(22-4)17(24-6)16(14)23-5/h7,10-11H,1,8-9,12-13H2,2-6H3,(H,19,20). The lowest BCUT2D eigenvalue weighted by atomic mass is 10.1. The van der Waals surface area contributed by atoms with Crippen molar-refractivity contribution in [1.82, 2.24) is 10.2 Å². The van der Waals surface area contributed by atoms with E-state index in [1.54, 1.807) is 28.4 Å². The molecule has 134 valence electrons. The lowest BCUT2D eigenvalue weighted by Gasteiger charge is -2.23. The van der Waals surface area contributed by atoms with E-state index < -0.39 is 0 Å². The van der Waals surface area contributed by atoms with Crippen LogP contribution in [0.3, 0.4) is 0 Å². The van der Waals surface area contributed by atoms with E-state index >= 15 is 0 Å². The summed E-state index contributed by atoms with van der Waals surface area (Å²) in [6, 6.07) is 3.83. The van der Waals surface area contributed by atoms with E-state index in [2.05, 4.69) is 21.8 Å². The SMILES string of the molecule is C=CCCCN(C)C(=NC)NCc1ccc(OC)c(OC)c1OC. The molecule has 0 aliphatic rings. The zero-order valence-electron chi connectivity index (χ0n) is 15.4. The first-order chi connectivity index (χ1) is 11.6. The lowest BCUT2D eigenvalue weighted by Crippen LogP contribution is -2.39. The van der Waals surface area contributed by atoms with E-state index in [9.17, 15) is 0 Å². The van der Waals surface area contributed by atoms with Gasteiger partial charge in [0.05, 0.1) is 21.3 Å². The van der Waals surface area contributed by atoms with Crippen LogP contribution in [0.5, 0.6) is 17.2 Å². The van der Waals surface area contributed by atoms with Crippen LogP contribution in [0.15, 0.2) is 29.8 Å². The number of hydrogen-bond donors (Lipinski definition) is 1. The monoisotopic (exact) mass is 335 g/mol. The third-order valence-electron chi connectivity index (χ3n) is 3.70. The van der Waals surface area contributed by atoms with E-state index in [4.69, 9.17) is 14.2 Å². The Kier molecular flexibility index (Phi) is 8.54. The topological polar surface area (TPSA) is 55.3 Å². The van der Waals surface area contributed by atoms with E-state index in [1.165, 1.54) is 0 Å². The molecule has 1 N–H and O–H groups in total. The van der Waals surface area contributed by atoms with Crippen LogP contribution in [-0.2, 0) is 6.54 Å². The van der Waals surface area contributed by atoms with Crippen molar-refractivity contribution >= 4 is 5.96 Å². The average Bonchev–Trinajstić information content (AvgIpc) is 2.61. The highest BCUT2D eigenvalue weighted by atomic mass is 16.5. The predicted octanol–water partition coefficient (Wildman–Crippen LogP) is 2.69. The van der Waals surface area contributed by atoms with Crippen LogP contribution in [0, 0.1) is 0 Å². The Bertz CT molecular complexity index is 559. The number of rotatable bonds is 9. The third-order valence-corrected chi connectivity index (χ3v) is 3.70. The molecule has 1 aromatic carbocycles. The fourth-order valence-corrected chi connectivity index (χ4v) is 2.44. The summed E-state index contributed by atoms with van der Waals surface area (Å²) < 4.78 is 16.2. The number of ether oxygens (including phenoxy) is 3. The molecule has 0 radical (unpaired) electrons. The molecule has 0 amide bonds. The predicted molar refractivity (Wildman–Crippen MR) is 98.4 cm³/mol. The van der Waals surface area contributed by atoms with Crippen molar-refractivity contribution in [2.24, 2.45) is 4.99 Å². The van der Waals surface area contributed by atoms with Gasteiger partial charge < -0.3 is 24.4 Å². The van der Waals surface area contributed by atoms with Crippen molar-refractivity contribution in [3.05, 3.63) is 30.4 Å². The number of nitrogens with one attached hydrogen (secondary N) is 1. The summed E-state index contributed by atoms with van der Waals surface area (Å²) >= 11 is 0. The quantitative estimate of drug-likeness (QED) is 0.325. The first-order valence-corrected chi connectivity index (χ1v) is 7.93. The summed E-state index contributed by atoms with van der Waals surface area (Å²) in [7, 11) is 8.62. The number of nitrogens with zero attached hydrogens (tertiary/aromatic N) is 2. The molecule has 0 saturated carbocycles. The molecule has 1 rings (SSSR count). The van der Waals surface area contributed by atoms with E-state index in [0.29, 0.717) is 23.8 Å². The number of guanidine groups is 1. The minimum Gasteiger partial charge on any atom is -0.493 e. The van der Waals surface area contributed by atoms with Gasteiger partial charge in [-0.3, -0.25) is 4.99 Å². The van der Waals surface area contributed by atoms with Crippen molar-refractivity contribution in [3.63, 3.8) is 0 Å². The van der Waals surface area contributed by atoms with Crippen LogP contribution in [0.4, 0.5) is 0 Å². The third kappa shape index (κ3) is 5.08. The van der Waals surface area contributed by atoms with Crippen LogP contribution >= 0.6 is 0 Å². The Morgan fingerprint density at radius 1 is 1.21 bits per heavy atom. The van der Waals surface area contributed by atoms with Gasteiger partial charge in [0.2, 0.25) is 5.75 Å². The highest BCUT2D eigenvalue weighted by Gasteiger charge is 2.16. The maximum absolute atomic E-state index is 5.51. The maximum atomic E-state index is 5.51. The maximum Gasteiger partial charge on any atom is 0.203 e. The molecular formula is C18H29N3O3. The first-order valence-electron chi connectivity index (χ1n) is 7.93. The van der Waals surface area contributed by atoms with Crippen molar-refractivity contribution in [1.29, 1.82) is 0 Å². The molecule has 0 atom stereocenters. The van der Waals surface area contributed by atoms with E-state index in [-0.39, 0.29) is 0 Å². The molecule has 0 aliphatic heterocycles. The highest BCUT2D eigenvalue weighted by molar-refractivity contribution is 5.79. The smallest absolute Gasteiger partial charge is 0.203 e. The second-order valence-corrected chi connectivity index (χ2v) is 5.25. The number of methoxy groups -OCH3 is 3. The Balaban J connectivity index is 2.83. The first kappa shape index (κ1) is 19.7. The molecule has 0 unspecified atom stereocenters. The van der Waals surface area contributed by atoms with Gasteiger partial charge in [0.15, 0.2) is 17.5 Å². The van der Waals surface area contributed by atoms with Crippen LogP contribution in [0.2, 0.25) is 0 Å². The average molecular weight is 335 g/mol. The van der Waals surface area contributed by atoms with Crippen LogP contribution in [0.25, 0.3) is 0 Å². The Morgan fingerprint density at radius 3 is 2.46 bits per heavy atom. The number of hydrogen-bond acceptors (Lipinski definition) is 4. The molecule has 6 heteroatoms. The summed E-state index contributed by atoms with van der Waals surface area (Å²) in [5, 5.41) is 3.35. The summed E-state index contributed by atoms with van der Waals surface area (Å²) in [4.78, 5) is 6.42. The Morgan fingerprint density at radius 2 is 1.92 bits per heavy atom. The van der Waals surface area contributed by atoms with Gasteiger partial charge in [-0.25, -0.2) is 0 Å². The van der Waals surface area contributed by atoms with Gasteiger partial charge in [0, 0.05) is 32.7 Å². The molecule has 0 aliphatic carbocycles. The van der Waals surface area contributed by atoms with Gasteiger partial charge in [0.25, 0.3) is 0 Å². The minimum absolute atomic E-state index is 0.571. The van der Waals surface area contributed by atoms with E-state index in [0.717, 1.165) is 30.9 Å². The van der Waals surface area contributed by atoms with Gasteiger partial charge in [-0.2, -0.15) is 0 Å². The van der Waals surface area contributed by atoms with Gasteiger partial charge in [-0.15, -0.1) is 6.58 Å². The molecule has 0 aromatic heterocycles. The summed E-state index contributed by atoms with van der Waals surface area (Å²) in [5.41, 5.74) is 0.968. The zero-order chi connectivity index (χ0) is 17.9. The molecule has 0 heterocycles. The van der Waals surface area contributed by atoms with E-state index in [1.807, 2.05) is 25.3 Å². The molecule has 0 fully saturated rings. The Hall–Kier alpha value is -2.37. The second kappa shape index (κ2) is 10.4. The Labute approximate surface area is 145 Å². The molecule has 6 nitrogen and oxygen atoms in total. The molecule has 0 saturated heterocycles. The number of allylic oxidation sites excluding steroid dienone is 1. The molecule has 0 spiro atoms. The highest BCUT2D eigenvalue weighted by Crippen LogP contribution is 2.39. The number of aliphatic imine (C=N–C) groups is 1. The number of unbranched alkanes of at least 4 members (excludes halogenated alkanes) is 1. The fraction of sp³-hybridized carbons (Fsp3) is 0.500. The normalized spacial score (nSPS) is 11.0. The van der Waals surface area contributed by atoms with Crippen molar-refractivity contribution in [2.75, 3.05) is 42.0 Å². The molecule has 0 bridgehead atoms. The number of benzene rings is 1. The molecular weight excluding hydrogens is 306 g/mol. The van der Waals surface area contributed by atoms with Gasteiger partial charge in [0.1, 0.15) is 0 Å². The van der Waals surface area contributed by atoms with Crippen molar-refractivity contribution in [3.8, 4) is 17.2 Å². The van der Waals surface area contributed by atoms with Crippen LogP contribution in [0.1, 0.15) is 18.4 Å². The second-order valence-electron chi connectivity index (χ2n) is 5.25. The van der Waals surface area contributed by atoms with Crippen molar-refractivity contribution < 1.29 is 14.2 Å². The minimum atomic E-state index is 0.571. The van der Waals surface area contributed by atoms with Gasteiger partial charge in [-0.1, -0.05) is 6.08 Å². The summed E-state index contributed by atoms with van der Waals surface area (Å²) in [6.07, 6.45) is 3.96. The van der Waals surface area contributed by atoms with Gasteiger partial charge >= 0.3 is 0 Å². The van der Waals surface area contributed by atoms with Crippen LogP contribution < -0.4 is 19.5 Å². The zero-order valence-corrected chi connectivity index (χ0v) is 15.4. The lowest BCUT2D eigenvalue weighted by molar-refractivity contribution is 0.322. The summed E-state index contributed by atoms with van der Waals surface area (Å²) in [5.74, 6) is 2.72. The molecule has 1 aromatic rings. The van der Waals surface area contributed by atoms with Crippen molar-refractivity contribution in [2.45, 2.75) is 19.4 Å². The van der Waals surface area contributed by atoms with Gasteiger partial charge in [-0.05, 0) is 25.0 Å². The molecule has 24 heavy (non-hydrogen) atoms.